The Morgan fingerprint density at radius 2 is 2.05 bits per heavy atom. The minimum Gasteiger partial charge on any atom is -0.480 e. The molecule has 5 nitrogen and oxygen atoms in total. The number of fused-ring (bicyclic) bond motifs is 1. The van der Waals surface area contributed by atoms with Gasteiger partial charge in [0, 0.05) is 13.2 Å². The van der Waals surface area contributed by atoms with Gasteiger partial charge in [0.15, 0.2) is 0 Å². The zero-order valence-electron chi connectivity index (χ0n) is 11.5. The lowest BCUT2D eigenvalue weighted by atomic mass is 10.3. The quantitative estimate of drug-likeness (QED) is 0.790. The molecule has 0 spiro atoms. The molecule has 0 radical (unpaired) electrons. The fourth-order valence-electron chi connectivity index (χ4n) is 2.22. The molecule has 0 bridgehead atoms. The number of aromatic nitrogens is 3. The van der Waals surface area contributed by atoms with Gasteiger partial charge in [-0.25, -0.2) is 9.97 Å². The second-order valence-electron chi connectivity index (χ2n) is 4.49. The number of rotatable bonds is 4. The first-order chi connectivity index (χ1) is 9.79. The number of nitrogens with one attached hydrogen (secondary N) is 1. The van der Waals surface area contributed by atoms with Gasteiger partial charge in [0.05, 0.1) is 30.4 Å². The van der Waals surface area contributed by atoms with E-state index in [0.29, 0.717) is 12.4 Å². The first-order valence-electron chi connectivity index (χ1n) is 6.43. The third-order valence-electron chi connectivity index (χ3n) is 3.28. The molecule has 3 rings (SSSR count). The Bertz CT molecular complexity index is 736. The summed E-state index contributed by atoms with van der Waals surface area (Å²) in [4.78, 5) is 8.78. The number of methoxy groups -OCH3 is 1. The van der Waals surface area contributed by atoms with Crippen molar-refractivity contribution in [3.05, 3.63) is 48.4 Å². The Morgan fingerprint density at radius 3 is 2.85 bits per heavy atom. The summed E-state index contributed by atoms with van der Waals surface area (Å²) in [7, 11) is 3.63. The Morgan fingerprint density at radius 1 is 1.20 bits per heavy atom. The molecular formula is C15H16N4O. The van der Waals surface area contributed by atoms with E-state index in [9.17, 15) is 0 Å². The SMILES string of the molecule is COc1ncccc1NCc1nc2ccccc2n1C. The third kappa shape index (κ3) is 2.18. The number of aryl methyl sites for hydroxylation is 1. The van der Waals surface area contributed by atoms with Crippen molar-refractivity contribution in [1.82, 2.24) is 14.5 Å². The van der Waals surface area contributed by atoms with Crippen molar-refractivity contribution in [1.29, 1.82) is 0 Å². The van der Waals surface area contributed by atoms with Crippen molar-refractivity contribution in [2.45, 2.75) is 6.54 Å². The zero-order chi connectivity index (χ0) is 13.9. The van der Waals surface area contributed by atoms with Gasteiger partial charge in [0.1, 0.15) is 5.82 Å². The van der Waals surface area contributed by atoms with Gasteiger partial charge < -0.3 is 14.6 Å². The molecule has 0 unspecified atom stereocenters. The summed E-state index contributed by atoms with van der Waals surface area (Å²) < 4.78 is 7.31. The second kappa shape index (κ2) is 5.21. The van der Waals surface area contributed by atoms with Gasteiger partial charge in [-0.3, -0.25) is 0 Å². The topological polar surface area (TPSA) is 52.0 Å². The van der Waals surface area contributed by atoms with E-state index in [0.717, 1.165) is 22.5 Å². The van der Waals surface area contributed by atoms with E-state index in [1.807, 2.05) is 37.4 Å². The summed E-state index contributed by atoms with van der Waals surface area (Å²) >= 11 is 0. The van der Waals surface area contributed by atoms with Crippen LogP contribution in [0.1, 0.15) is 5.82 Å². The van der Waals surface area contributed by atoms with Gasteiger partial charge in [0.2, 0.25) is 5.88 Å². The number of hydrogen-bond acceptors (Lipinski definition) is 4. The molecule has 2 heterocycles. The van der Waals surface area contributed by atoms with E-state index in [1.165, 1.54) is 0 Å². The molecule has 0 fully saturated rings. The molecule has 1 aromatic carbocycles. The Balaban J connectivity index is 1.85. The maximum atomic E-state index is 5.22. The van der Waals surface area contributed by atoms with E-state index < -0.39 is 0 Å². The first-order valence-corrected chi connectivity index (χ1v) is 6.43. The Hall–Kier alpha value is -2.56. The van der Waals surface area contributed by atoms with Crippen LogP contribution in [0, 0.1) is 0 Å². The standard InChI is InChI=1S/C15H16N4O/c1-19-13-8-4-3-6-11(13)18-14(19)10-17-12-7-5-9-16-15(12)20-2/h3-9,17H,10H2,1-2H3. The minimum atomic E-state index is 0.589. The molecule has 1 N–H and O–H groups in total. The molecule has 20 heavy (non-hydrogen) atoms. The number of ether oxygens (including phenoxy) is 1. The monoisotopic (exact) mass is 268 g/mol. The average molecular weight is 268 g/mol. The van der Waals surface area contributed by atoms with Crippen LogP contribution < -0.4 is 10.1 Å². The van der Waals surface area contributed by atoms with Gasteiger partial charge in [0.25, 0.3) is 0 Å². The lowest BCUT2D eigenvalue weighted by Crippen LogP contribution is -2.07. The van der Waals surface area contributed by atoms with Crippen LogP contribution in [0.4, 0.5) is 5.69 Å². The number of imidazole rings is 1. The number of para-hydroxylation sites is 2. The number of hydrogen-bond donors (Lipinski definition) is 1. The molecule has 102 valence electrons. The number of nitrogens with zero attached hydrogens (tertiary/aromatic N) is 3. The van der Waals surface area contributed by atoms with Crippen LogP contribution in [0.3, 0.4) is 0 Å². The molecule has 0 aliphatic heterocycles. The number of pyridine rings is 1. The van der Waals surface area contributed by atoms with Gasteiger partial charge in [-0.1, -0.05) is 12.1 Å². The third-order valence-corrected chi connectivity index (χ3v) is 3.28. The van der Waals surface area contributed by atoms with Gasteiger partial charge in [-0.05, 0) is 24.3 Å². The van der Waals surface area contributed by atoms with Crippen molar-refractivity contribution in [2.24, 2.45) is 7.05 Å². The number of anilines is 1. The summed E-state index contributed by atoms with van der Waals surface area (Å²) in [5.74, 6) is 1.56. The summed E-state index contributed by atoms with van der Waals surface area (Å²) in [5, 5.41) is 3.31. The molecule has 0 aliphatic rings. The molecule has 3 aromatic rings. The van der Waals surface area contributed by atoms with E-state index in [1.54, 1.807) is 13.3 Å². The fourth-order valence-corrected chi connectivity index (χ4v) is 2.22. The summed E-state index contributed by atoms with van der Waals surface area (Å²) in [5.41, 5.74) is 2.99. The van der Waals surface area contributed by atoms with Crippen molar-refractivity contribution >= 4 is 16.7 Å². The molecule has 0 atom stereocenters. The highest BCUT2D eigenvalue weighted by molar-refractivity contribution is 5.75. The second-order valence-corrected chi connectivity index (χ2v) is 4.49. The number of benzene rings is 1. The highest BCUT2D eigenvalue weighted by Crippen LogP contribution is 2.21. The highest BCUT2D eigenvalue weighted by atomic mass is 16.5. The predicted octanol–water partition coefficient (Wildman–Crippen LogP) is 2.59. The molecule has 0 saturated heterocycles. The smallest absolute Gasteiger partial charge is 0.237 e. The van der Waals surface area contributed by atoms with Gasteiger partial charge in [-0.15, -0.1) is 0 Å². The zero-order valence-corrected chi connectivity index (χ0v) is 11.5. The maximum absolute atomic E-state index is 5.22. The van der Waals surface area contributed by atoms with Crippen LogP contribution in [0.15, 0.2) is 42.6 Å². The largest absolute Gasteiger partial charge is 0.480 e. The van der Waals surface area contributed by atoms with E-state index in [-0.39, 0.29) is 0 Å². The predicted molar refractivity (Wildman–Crippen MR) is 78.8 cm³/mol. The van der Waals surface area contributed by atoms with Crippen molar-refractivity contribution in [2.75, 3.05) is 12.4 Å². The van der Waals surface area contributed by atoms with Crippen LogP contribution in [0.2, 0.25) is 0 Å². The maximum Gasteiger partial charge on any atom is 0.237 e. The van der Waals surface area contributed by atoms with Crippen molar-refractivity contribution in [3.8, 4) is 5.88 Å². The minimum absolute atomic E-state index is 0.589. The Labute approximate surface area is 117 Å². The average Bonchev–Trinajstić information content (AvgIpc) is 2.82. The molecule has 0 amide bonds. The van der Waals surface area contributed by atoms with Crippen molar-refractivity contribution in [3.63, 3.8) is 0 Å². The molecule has 0 aliphatic carbocycles. The summed E-state index contributed by atoms with van der Waals surface area (Å²) in [6.45, 7) is 0.618. The van der Waals surface area contributed by atoms with Crippen LogP contribution in [0.25, 0.3) is 11.0 Å². The van der Waals surface area contributed by atoms with Crippen LogP contribution in [-0.4, -0.2) is 21.6 Å². The molecule has 0 saturated carbocycles. The van der Waals surface area contributed by atoms with Crippen LogP contribution >= 0.6 is 0 Å². The van der Waals surface area contributed by atoms with Crippen LogP contribution in [-0.2, 0) is 13.6 Å². The highest BCUT2D eigenvalue weighted by Gasteiger charge is 2.08. The van der Waals surface area contributed by atoms with Crippen LogP contribution in [0.5, 0.6) is 5.88 Å². The molecule has 2 aromatic heterocycles. The van der Waals surface area contributed by atoms with E-state index in [4.69, 9.17) is 4.74 Å². The summed E-state index contributed by atoms with van der Waals surface area (Å²) in [6.07, 6.45) is 1.71. The normalized spacial score (nSPS) is 10.7. The lowest BCUT2D eigenvalue weighted by Gasteiger charge is -2.09. The summed E-state index contributed by atoms with van der Waals surface area (Å²) in [6, 6.07) is 11.9. The van der Waals surface area contributed by atoms with Gasteiger partial charge >= 0.3 is 0 Å². The molecule has 5 heteroatoms. The first kappa shape index (κ1) is 12.5. The van der Waals surface area contributed by atoms with Crippen molar-refractivity contribution < 1.29 is 4.74 Å². The molecular weight excluding hydrogens is 252 g/mol. The van der Waals surface area contributed by atoms with E-state index >= 15 is 0 Å². The van der Waals surface area contributed by atoms with Gasteiger partial charge in [-0.2, -0.15) is 0 Å². The fraction of sp³-hybridized carbons (Fsp3) is 0.200. The van der Waals surface area contributed by atoms with E-state index in [2.05, 4.69) is 25.9 Å². The lowest BCUT2D eigenvalue weighted by molar-refractivity contribution is 0.399. The Kier molecular flexibility index (Phi) is 3.25.